The van der Waals surface area contributed by atoms with Gasteiger partial charge in [0.1, 0.15) is 0 Å². The van der Waals surface area contributed by atoms with Crippen LogP contribution in [0.2, 0.25) is 0 Å². The number of thioether (sulfide) groups is 1. The van der Waals surface area contributed by atoms with Crippen LogP contribution in [-0.2, 0) is 14.3 Å². The number of hydrogen-bond donors (Lipinski definition) is 1. The maximum absolute atomic E-state index is 11.0. The van der Waals surface area contributed by atoms with Gasteiger partial charge in [-0.1, -0.05) is 6.92 Å². The molecule has 1 atom stereocenters. The Labute approximate surface area is 88.8 Å². The van der Waals surface area contributed by atoms with Crippen molar-refractivity contribution < 1.29 is 14.3 Å². The number of amides is 1. The van der Waals surface area contributed by atoms with E-state index < -0.39 is 0 Å². The van der Waals surface area contributed by atoms with Gasteiger partial charge in [-0.15, -0.1) is 0 Å². The fourth-order valence-corrected chi connectivity index (χ4v) is 1.74. The predicted molar refractivity (Wildman–Crippen MR) is 57.2 cm³/mol. The van der Waals surface area contributed by atoms with Crippen molar-refractivity contribution in [2.75, 3.05) is 25.2 Å². The lowest BCUT2D eigenvalue weighted by molar-refractivity contribution is -0.144. The molecule has 0 bridgehead atoms. The Hall–Kier alpha value is -0.710. The smallest absolute Gasteiger partial charge is 0.309 e. The number of methoxy groups -OCH3 is 1. The van der Waals surface area contributed by atoms with E-state index in [9.17, 15) is 9.59 Å². The molecule has 0 saturated heterocycles. The van der Waals surface area contributed by atoms with Crippen molar-refractivity contribution in [3.63, 3.8) is 0 Å². The van der Waals surface area contributed by atoms with Crippen LogP contribution in [-0.4, -0.2) is 37.0 Å². The van der Waals surface area contributed by atoms with Gasteiger partial charge in [0.25, 0.3) is 0 Å². The summed E-state index contributed by atoms with van der Waals surface area (Å²) in [6.07, 6.45) is 0. The molecule has 5 heteroatoms. The fourth-order valence-electron chi connectivity index (χ4n) is 0.846. The lowest BCUT2D eigenvalue weighted by Crippen LogP contribution is -2.25. The zero-order chi connectivity index (χ0) is 11.0. The highest BCUT2D eigenvalue weighted by Crippen LogP contribution is 2.09. The average molecular weight is 219 g/mol. The summed E-state index contributed by atoms with van der Waals surface area (Å²) in [6, 6.07) is 0. The molecule has 14 heavy (non-hydrogen) atoms. The SMILES string of the molecule is CCNC(=O)CSCC(C)C(=O)OC. The first-order chi connectivity index (χ1) is 6.61. The Morgan fingerprint density at radius 3 is 2.64 bits per heavy atom. The third-order valence-electron chi connectivity index (χ3n) is 1.58. The van der Waals surface area contributed by atoms with E-state index in [-0.39, 0.29) is 17.8 Å². The van der Waals surface area contributed by atoms with Gasteiger partial charge in [0.15, 0.2) is 0 Å². The molecule has 0 aliphatic carbocycles. The topological polar surface area (TPSA) is 55.4 Å². The molecule has 1 unspecified atom stereocenters. The van der Waals surface area contributed by atoms with E-state index in [1.807, 2.05) is 6.92 Å². The molecule has 0 aromatic carbocycles. The van der Waals surface area contributed by atoms with Crippen LogP contribution >= 0.6 is 11.8 Å². The molecule has 0 heterocycles. The summed E-state index contributed by atoms with van der Waals surface area (Å²) in [4.78, 5) is 22.0. The molecule has 1 amide bonds. The van der Waals surface area contributed by atoms with Gasteiger partial charge in [0.05, 0.1) is 18.8 Å². The summed E-state index contributed by atoms with van der Waals surface area (Å²) >= 11 is 1.44. The first-order valence-electron chi connectivity index (χ1n) is 4.54. The fraction of sp³-hybridized carbons (Fsp3) is 0.778. The molecule has 0 aromatic rings. The zero-order valence-corrected chi connectivity index (χ0v) is 9.65. The van der Waals surface area contributed by atoms with Crippen molar-refractivity contribution in [1.82, 2.24) is 5.32 Å². The molecule has 0 aromatic heterocycles. The normalized spacial score (nSPS) is 11.9. The quantitative estimate of drug-likeness (QED) is 0.667. The van der Waals surface area contributed by atoms with Gasteiger partial charge < -0.3 is 10.1 Å². The van der Waals surface area contributed by atoms with Crippen molar-refractivity contribution in [1.29, 1.82) is 0 Å². The lowest BCUT2D eigenvalue weighted by Gasteiger charge is -2.08. The summed E-state index contributed by atoms with van der Waals surface area (Å²) in [5, 5.41) is 2.69. The summed E-state index contributed by atoms with van der Waals surface area (Å²) in [5.74, 6) is 0.640. The van der Waals surface area contributed by atoms with Gasteiger partial charge in [-0.3, -0.25) is 9.59 Å². The van der Waals surface area contributed by atoms with Crippen LogP contribution in [0, 0.1) is 5.92 Å². The Morgan fingerprint density at radius 1 is 1.50 bits per heavy atom. The number of nitrogens with one attached hydrogen (secondary N) is 1. The number of carbonyl (C=O) groups is 2. The Bertz CT molecular complexity index is 196. The molecule has 0 fully saturated rings. The third-order valence-corrected chi connectivity index (χ3v) is 2.78. The monoisotopic (exact) mass is 219 g/mol. The Kier molecular flexibility index (Phi) is 7.28. The van der Waals surface area contributed by atoms with E-state index in [0.717, 1.165) is 0 Å². The first-order valence-corrected chi connectivity index (χ1v) is 5.69. The minimum absolute atomic E-state index is 0.00886. The molecule has 1 N–H and O–H groups in total. The molecule has 4 nitrogen and oxygen atoms in total. The molecule has 0 aliphatic heterocycles. The van der Waals surface area contributed by atoms with E-state index in [1.165, 1.54) is 18.9 Å². The molecule has 0 aliphatic rings. The molecular formula is C9H17NO3S. The molecular weight excluding hydrogens is 202 g/mol. The second-order valence-corrected chi connectivity index (χ2v) is 3.92. The predicted octanol–water partition coefficient (Wildman–Crippen LogP) is 0.665. The van der Waals surface area contributed by atoms with Crippen molar-refractivity contribution in [2.24, 2.45) is 5.92 Å². The van der Waals surface area contributed by atoms with Gasteiger partial charge in [-0.05, 0) is 6.92 Å². The van der Waals surface area contributed by atoms with Gasteiger partial charge in [0.2, 0.25) is 5.91 Å². The number of ether oxygens (including phenoxy) is 1. The van der Waals surface area contributed by atoms with E-state index >= 15 is 0 Å². The minimum Gasteiger partial charge on any atom is -0.469 e. The van der Waals surface area contributed by atoms with Crippen molar-refractivity contribution >= 4 is 23.6 Å². The zero-order valence-electron chi connectivity index (χ0n) is 8.83. The summed E-state index contributed by atoms with van der Waals surface area (Å²) in [5.41, 5.74) is 0. The van der Waals surface area contributed by atoms with Crippen LogP contribution in [0.15, 0.2) is 0 Å². The van der Waals surface area contributed by atoms with Crippen molar-refractivity contribution in [3.8, 4) is 0 Å². The third kappa shape index (κ3) is 5.85. The first kappa shape index (κ1) is 13.3. The van der Waals surface area contributed by atoms with Crippen LogP contribution in [0.5, 0.6) is 0 Å². The van der Waals surface area contributed by atoms with Gasteiger partial charge in [0, 0.05) is 12.3 Å². The standard InChI is InChI=1S/C9H17NO3S/c1-4-10-8(11)6-14-5-7(2)9(12)13-3/h7H,4-6H2,1-3H3,(H,10,11). The Balaban J connectivity index is 3.53. The van der Waals surface area contributed by atoms with Crippen molar-refractivity contribution in [2.45, 2.75) is 13.8 Å². The van der Waals surface area contributed by atoms with E-state index in [4.69, 9.17) is 0 Å². The van der Waals surface area contributed by atoms with Gasteiger partial charge in [-0.2, -0.15) is 11.8 Å². The van der Waals surface area contributed by atoms with E-state index in [1.54, 1.807) is 6.92 Å². The Morgan fingerprint density at radius 2 is 2.14 bits per heavy atom. The second kappa shape index (κ2) is 7.67. The maximum atomic E-state index is 11.0. The molecule has 82 valence electrons. The number of carbonyl (C=O) groups excluding carboxylic acids is 2. The van der Waals surface area contributed by atoms with Crippen LogP contribution in [0.1, 0.15) is 13.8 Å². The number of rotatable bonds is 6. The maximum Gasteiger partial charge on any atom is 0.309 e. The lowest BCUT2D eigenvalue weighted by atomic mass is 10.2. The molecule has 0 rings (SSSR count). The van der Waals surface area contributed by atoms with Gasteiger partial charge in [-0.25, -0.2) is 0 Å². The van der Waals surface area contributed by atoms with Crippen LogP contribution in [0.25, 0.3) is 0 Å². The van der Waals surface area contributed by atoms with Gasteiger partial charge >= 0.3 is 5.97 Å². The highest BCUT2D eigenvalue weighted by Gasteiger charge is 2.13. The van der Waals surface area contributed by atoms with Crippen LogP contribution in [0.3, 0.4) is 0 Å². The van der Waals surface area contributed by atoms with E-state index in [2.05, 4.69) is 10.1 Å². The summed E-state index contributed by atoms with van der Waals surface area (Å²) < 4.78 is 4.56. The highest BCUT2D eigenvalue weighted by molar-refractivity contribution is 7.99. The highest BCUT2D eigenvalue weighted by atomic mass is 32.2. The van der Waals surface area contributed by atoms with Crippen LogP contribution < -0.4 is 5.32 Å². The average Bonchev–Trinajstić information content (AvgIpc) is 2.16. The summed E-state index contributed by atoms with van der Waals surface area (Å²) in [7, 11) is 1.37. The molecule has 0 spiro atoms. The number of esters is 1. The molecule has 0 radical (unpaired) electrons. The molecule has 0 saturated carbocycles. The second-order valence-electron chi connectivity index (χ2n) is 2.89. The van der Waals surface area contributed by atoms with Crippen LogP contribution in [0.4, 0.5) is 0 Å². The minimum atomic E-state index is -0.228. The number of hydrogen-bond acceptors (Lipinski definition) is 4. The summed E-state index contributed by atoms with van der Waals surface area (Å²) in [6.45, 7) is 4.31. The van der Waals surface area contributed by atoms with E-state index in [0.29, 0.717) is 18.1 Å². The largest absolute Gasteiger partial charge is 0.469 e. The van der Waals surface area contributed by atoms with Crippen molar-refractivity contribution in [3.05, 3.63) is 0 Å².